The van der Waals surface area contributed by atoms with Crippen LogP contribution in [-0.4, -0.2) is 50.0 Å². The van der Waals surface area contributed by atoms with Crippen LogP contribution in [-0.2, 0) is 9.47 Å². The number of anilines is 2. The van der Waals surface area contributed by atoms with Crippen LogP contribution < -0.4 is 10.6 Å². The van der Waals surface area contributed by atoms with Crippen molar-refractivity contribution in [3.8, 4) is 0 Å². The highest BCUT2D eigenvalue weighted by molar-refractivity contribution is 7.16. The Morgan fingerprint density at radius 3 is 2.86 bits per heavy atom. The van der Waals surface area contributed by atoms with Crippen LogP contribution >= 0.6 is 11.3 Å². The van der Waals surface area contributed by atoms with E-state index in [0.717, 1.165) is 29.0 Å². The van der Waals surface area contributed by atoms with Crippen LogP contribution in [0.4, 0.5) is 11.8 Å². The van der Waals surface area contributed by atoms with Gasteiger partial charge in [-0.25, -0.2) is 4.98 Å². The van der Waals surface area contributed by atoms with Crippen molar-refractivity contribution >= 4 is 33.3 Å². The summed E-state index contributed by atoms with van der Waals surface area (Å²) in [6.07, 6.45) is 1.03. The van der Waals surface area contributed by atoms with E-state index in [9.17, 15) is 0 Å². The minimum absolute atomic E-state index is 0.00861. The standard InChI is InChI=1S/C14H22N4O2S/c1-4-6-15-14-17-12(11-5-7-21-13(11)18-14)16-8-10(20-3)9-19-2/h5,7,10H,4,6,8-9H2,1-3H3,(H2,15,16,17,18). The largest absolute Gasteiger partial charge is 0.382 e. The zero-order valence-corrected chi connectivity index (χ0v) is 13.5. The zero-order chi connectivity index (χ0) is 15.1. The van der Waals surface area contributed by atoms with Gasteiger partial charge in [0.15, 0.2) is 0 Å². The molecule has 0 aliphatic carbocycles. The smallest absolute Gasteiger partial charge is 0.226 e. The summed E-state index contributed by atoms with van der Waals surface area (Å²) in [6, 6.07) is 2.03. The molecule has 0 fully saturated rings. The van der Waals surface area contributed by atoms with Gasteiger partial charge < -0.3 is 20.1 Å². The molecule has 6 nitrogen and oxygen atoms in total. The molecule has 2 aromatic heterocycles. The second-order valence-electron chi connectivity index (χ2n) is 4.66. The van der Waals surface area contributed by atoms with Crippen LogP contribution in [0, 0.1) is 0 Å². The fourth-order valence-electron chi connectivity index (χ4n) is 1.91. The molecule has 116 valence electrons. The van der Waals surface area contributed by atoms with E-state index in [1.807, 2.05) is 11.4 Å². The number of hydrogen-bond acceptors (Lipinski definition) is 7. The lowest BCUT2D eigenvalue weighted by Crippen LogP contribution is -2.27. The third-order valence-corrected chi connectivity index (χ3v) is 3.85. The molecule has 21 heavy (non-hydrogen) atoms. The number of thiophene rings is 1. The van der Waals surface area contributed by atoms with E-state index in [0.29, 0.717) is 19.1 Å². The highest BCUT2D eigenvalue weighted by Crippen LogP contribution is 2.26. The van der Waals surface area contributed by atoms with Gasteiger partial charge in [0.25, 0.3) is 0 Å². The molecule has 0 saturated heterocycles. The molecule has 0 aliphatic heterocycles. The predicted molar refractivity (Wildman–Crippen MR) is 87.4 cm³/mol. The second-order valence-corrected chi connectivity index (χ2v) is 5.55. The number of fused-ring (bicyclic) bond motifs is 1. The molecule has 0 aliphatic rings. The Morgan fingerprint density at radius 2 is 2.14 bits per heavy atom. The summed E-state index contributed by atoms with van der Waals surface area (Å²) in [5.74, 6) is 1.49. The summed E-state index contributed by atoms with van der Waals surface area (Å²) in [5, 5.41) is 9.63. The van der Waals surface area contributed by atoms with Crippen molar-refractivity contribution in [2.24, 2.45) is 0 Å². The lowest BCUT2D eigenvalue weighted by Gasteiger charge is -2.16. The minimum Gasteiger partial charge on any atom is -0.382 e. The van der Waals surface area contributed by atoms with E-state index in [1.54, 1.807) is 25.6 Å². The summed E-state index contributed by atoms with van der Waals surface area (Å²) in [6.45, 7) is 4.16. The van der Waals surface area contributed by atoms with Crippen molar-refractivity contribution in [2.45, 2.75) is 19.4 Å². The van der Waals surface area contributed by atoms with Gasteiger partial charge in [-0.15, -0.1) is 11.3 Å². The molecule has 1 atom stereocenters. The molecule has 2 heterocycles. The molecule has 2 N–H and O–H groups in total. The molecule has 0 saturated carbocycles. The molecule has 2 aromatic rings. The molecule has 0 bridgehead atoms. The molecular formula is C14H22N4O2S. The molecule has 0 spiro atoms. The Bertz CT molecular complexity index is 561. The van der Waals surface area contributed by atoms with E-state index in [1.165, 1.54) is 0 Å². The zero-order valence-electron chi connectivity index (χ0n) is 12.7. The van der Waals surface area contributed by atoms with Crippen LogP contribution in [0.3, 0.4) is 0 Å². The quantitative estimate of drug-likeness (QED) is 0.742. The fraction of sp³-hybridized carbons (Fsp3) is 0.571. The first kappa shape index (κ1) is 15.9. The average Bonchev–Trinajstić information content (AvgIpc) is 2.97. The third kappa shape index (κ3) is 4.26. The van der Waals surface area contributed by atoms with Crippen molar-refractivity contribution in [2.75, 3.05) is 44.5 Å². The molecule has 0 amide bonds. The summed E-state index contributed by atoms with van der Waals surface area (Å²) >= 11 is 1.61. The highest BCUT2D eigenvalue weighted by atomic mass is 32.1. The number of nitrogens with zero attached hydrogens (tertiary/aromatic N) is 2. The van der Waals surface area contributed by atoms with Crippen LogP contribution in [0.25, 0.3) is 10.2 Å². The van der Waals surface area contributed by atoms with Crippen molar-refractivity contribution in [1.82, 2.24) is 9.97 Å². The van der Waals surface area contributed by atoms with Gasteiger partial charge in [-0.1, -0.05) is 6.92 Å². The number of ether oxygens (including phenoxy) is 2. The summed E-state index contributed by atoms with van der Waals surface area (Å²) in [5.41, 5.74) is 0. The van der Waals surface area contributed by atoms with Crippen LogP contribution in [0.5, 0.6) is 0 Å². The molecule has 1 unspecified atom stereocenters. The Morgan fingerprint density at radius 1 is 1.29 bits per heavy atom. The first-order valence-electron chi connectivity index (χ1n) is 7.03. The maximum absolute atomic E-state index is 5.36. The van der Waals surface area contributed by atoms with Crippen LogP contribution in [0.1, 0.15) is 13.3 Å². The summed E-state index contributed by atoms with van der Waals surface area (Å²) < 4.78 is 10.5. The molecule has 2 rings (SSSR count). The first-order valence-corrected chi connectivity index (χ1v) is 7.91. The van der Waals surface area contributed by atoms with Crippen LogP contribution in [0.2, 0.25) is 0 Å². The Balaban J connectivity index is 2.14. The van der Waals surface area contributed by atoms with E-state index < -0.39 is 0 Å². The highest BCUT2D eigenvalue weighted by Gasteiger charge is 2.11. The van der Waals surface area contributed by atoms with Crippen molar-refractivity contribution in [3.05, 3.63) is 11.4 Å². The van der Waals surface area contributed by atoms with Crippen molar-refractivity contribution < 1.29 is 9.47 Å². The molecule has 0 aromatic carbocycles. The van der Waals surface area contributed by atoms with Gasteiger partial charge in [-0.05, 0) is 17.9 Å². The molecule has 0 radical (unpaired) electrons. The van der Waals surface area contributed by atoms with E-state index in [2.05, 4.69) is 27.5 Å². The van der Waals surface area contributed by atoms with Crippen LogP contribution in [0.15, 0.2) is 11.4 Å². The second kappa shape index (κ2) is 8.11. The number of rotatable bonds is 9. The van der Waals surface area contributed by atoms with E-state index >= 15 is 0 Å². The Kier molecular flexibility index (Phi) is 6.16. The van der Waals surface area contributed by atoms with Crippen molar-refractivity contribution in [3.63, 3.8) is 0 Å². The lowest BCUT2D eigenvalue weighted by molar-refractivity contribution is 0.0365. The minimum atomic E-state index is -0.00861. The van der Waals surface area contributed by atoms with E-state index in [4.69, 9.17) is 9.47 Å². The van der Waals surface area contributed by atoms with Crippen molar-refractivity contribution in [1.29, 1.82) is 0 Å². The Labute approximate surface area is 128 Å². The monoisotopic (exact) mass is 310 g/mol. The number of methoxy groups -OCH3 is 2. The summed E-state index contributed by atoms with van der Waals surface area (Å²) in [7, 11) is 3.35. The SMILES string of the molecule is CCCNc1nc(NCC(COC)OC)c2ccsc2n1. The van der Waals surface area contributed by atoms with Gasteiger partial charge >= 0.3 is 0 Å². The predicted octanol–water partition coefficient (Wildman–Crippen LogP) is 2.59. The van der Waals surface area contributed by atoms with E-state index in [-0.39, 0.29) is 6.10 Å². The van der Waals surface area contributed by atoms with Gasteiger partial charge in [0.1, 0.15) is 10.6 Å². The van der Waals surface area contributed by atoms with Gasteiger partial charge in [-0.3, -0.25) is 0 Å². The van der Waals surface area contributed by atoms with Gasteiger partial charge in [0.2, 0.25) is 5.95 Å². The van der Waals surface area contributed by atoms with Gasteiger partial charge in [0, 0.05) is 27.3 Å². The summed E-state index contributed by atoms with van der Waals surface area (Å²) in [4.78, 5) is 10.0. The fourth-order valence-corrected chi connectivity index (χ4v) is 2.68. The number of hydrogen-bond donors (Lipinski definition) is 2. The average molecular weight is 310 g/mol. The number of aromatic nitrogens is 2. The first-order chi connectivity index (χ1) is 10.3. The number of nitrogens with one attached hydrogen (secondary N) is 2. The third-order valence-electron chi connectivity index (χ3n) is 3.04. The molecular weight excluding hydrogens is 288 g/mol. The maximum atomic E-state index is 5.36. The Hall–Kier alpha value is -1.44. The van der Waals surface area contributed by atoms with Gasteiger partial charge in [0.05, 0.1) is 18.1 Å². The van der Waals surface area contributed by atoms with Gasteiger partial charge in [-0.2, -0.15) is 4.98 Å². The normalized spacial score (nSPS) is 12.5. The maximum Gasteiger partial charge on any atom is 0.226 e. The lowest BCUT2D eigenvalue weighted by atomic mass is 10.3. The topological polar surface area (TPSA) is 68.3 Å². The molecule has 7 heteroatoms.